The lowest BCUT2D eigenvalue weighted by atomic mass is 9.82. The molecule has 65 heavy (non-hydrogen) atoms. The summed E-state index contributed by atoms with van der Waals surface area (Å²) >= 11 is 0. The molecule has 2 aliphatic carbocycles. The van der Waals surface area contributed by atoms with E-state index in [1.54, 1.807) is 65.3 Å². The molecule has 0 unspecified atom stereocenters. The number of ether oxygens (including phenoxy) is 1. The predicted molar refractivity (Wildman–Crippen MR) is 241 cm³/mol. The Bertz CT molecular complexity index is 1980. The molecule has 354 valence electrons. The van der Waals surface area contributed by atoms with Crippen molar-refractivity contribution in [1.82, 2.24) is 31.1 Å². The third kappa shape index (κ3) is 14.2. The molecule has 4 fully saturated rings. The van der Waals surface area contributed by atoms with Gasteiger partial charge in [0.15, 0.2) is 5.84 Å². The summed E-state index contributed by atoms with van der Waals surface area (Å²) < 4.78 is 5.00. The first-order chi connectivity index (χ1) is 31.3. The lowest BCUT2D eigenvalue weighted by Gasteiger charge is -2.43. The summed E-state index contributed by atoms with van der Waals surface area (Å²) in [6.45, 7) is 3.40. The molecule has 4 amide bonds. The third-order valence-corrected chi connectivity index (χ3v) is 12.8. The number of carbonyl (C=O) groups excluding carboxylic acids is 5. The first-order valence-electron chi connectivity index (χ1n) is 22.8. The molecule has 19 nitrogen and oxygen atoms in total. The Balaban J connectivity index is 0.000000245. The zero-order valence-electron chi connectivity index (χ0n) is 37.3. The Morgan fingerprint density at radius 1 is 0.692 bits per heavy atom. The smallest absolute Gasteiger partial charge is 0.319 e. The molecule has 4 atom stereocenters. The maximum Gasteiger partial charge on any atom is 0.319 e. The van der Waals surface area contributed by atoms with E-state index < -0.39 is 30.1 Å². The second-order valence-corrected chi connectivity index (χ2v) is 17.1. The summed E-state index contributed by atoms with van der Waals surface area (Å²) in [6.07, 6.45) is 11.3. The van der Waals surface area contributed by atoms with Gasteiger partial charge in [-0.15, -0.1) is 0 Å². The van der Waals surface area contributed by atoms with Crippen LogP contribution in [0.5, 0.6) is 0 Å². The molecular formula is C46H66N10O9. The number of amidine groups is 2. The Morgan fingerprint density at radius 2 is 1.12 bits per heavy atom. The van der Waals surface area contributed by atoms with Gasteiger partial charge in [0, 0.05) is 37.3 Å². The van der Waals surface area contributed by atoms with Gasteiger partial charge in [-0.3, -0.25) is 44.8 Å². The highest BCUT2D eigenvalue weighted by atomic mass is 16.5. The van der Waals surface area contributed by atoms with Crippen LogP contribution in [-0.4, -0.2) is 124 Å². The van der Waals surface area contributed by atoms with Crippen LogP contribution in [0.3, 0.4) is 0 Å². The SMILES string of the molecule is CCOC(=O)CN[C@@H](C(=O)N1CC[C@H]1C(=O)NCc1ccc(/C(N)=N/O)cc1)C1CCCCC1.N=C(N)c1ccc(CNC(=O)[C@@H]2CCN2C(=O)[C@H](NCC(=O)O)C2CCCCC2)cc1. The fourth-order valence-electron chi connectivity index (χ4n) is 8.92. The van der Waals surface area contributed by atoms with Gasteiger partial charge in [-0.2, -0.15) is 0 Å². The van der Waals surface area contributed by atoms with Crippen molar-refractivity contribution in [1.29, 1.82) is 5.41 Å². The number of carboxylic acid groups (broad SMARTS) is 1. The summed E-state index contributed by atoms with van der Waals surface area (Å²) in [7, 11) is 0. The van der Waals surface area contributed by atoms with Crippen molar-refractivity contribution in [3.8, 4) is 0 Å². The van der Waals surface area contributed by atoms with Gasteiger partial charge in [0.25, 0.3) is 0 Å². The Hall–Kier alpha value is -6.08. The van der Waals surface area contributed by atoms with Gasteiger partial charge in [0.2, 0.25) is 23.6 Å². The van der Waals surface area contributed by atoms with Gasteiger partial charge in [0.05, 0.1) is 31.8 Å². The molecule has 2 heterocycles. The van der Waals surface area contributed by atoms with Gasteiger partial charge in [0.1, 0.15) is 17.9 Å². The molecular weight excluding hydrogens is 837 g/mol. The second kappa shape index (κ2) is 24.8. The van der Waals surface area contributed by atoms with Gasteiger partial charge in [-0.05, 0) is 68.4 Å². The minimum atomic E-state index is -0.998. The van der Waals surface area contributed by atoms with Crippen LogP contribution in [0.1, 0.15) is 106 Å². The molecule has 19 heteroatoms. The quantitative estimate of drug-likeness (QED) is 0.0321. The molecule has 6 rings (SSSR count). The Morgan fingerprint density at radius 3 is 1.49 bits per heavy atom. The van der Waals surface area contributed by atoms with E-state index in [-0.39, 0.29) is 66.2 Å². The summed E-state index contributed by atoms with van der Waals surface area (Å²) in [6, 6.07) is 12.0. The monoisotopic (exact) mass is 903 g/mol. The Kier molecular flexibility index (Phi) is 19.1. The number of hydrogen-bond donors (Lipinski definition) is 9. The minimum absolute atomic E-state index is 0.0109. The number of benzene rings is 2. The van der Waals surface area contributed by atoms with E-state index in [4.69, 9.17) is 31.9 Å². The van der Waals surface area contributed by atoms with Crippen LogP contribution in [0.25, 0.3) is 0 Å². The molecule has 0 bridgehead atoms. The molecule has 11 N–H and O–H groups in total. The average Bonchev–Trinajstić information content (AvgIpc) is 3.28. The highest BCUT2D eigenvalue weighted by Crippen LogP contribution is 2.31. The molecule has 0 radical (unpaired) electrons. The Labute approximate surface area is 379 Å². The second-order valence-electron chi connectivity index (χ2n) is 17.1. The zero-order chi connectivity index (χ0) is 46.9. The van der Waals surface area contributed by atoms with E-state index in [0.717, 1.165) is 75.3 Å². The third-order valence-electron chi connectivity index (χ3n) is 12.8. The van der Waals surface area contributed by atoms with Crippen molar-refractivity contribution in [3.05, 3.63) is 70.8 Å². The van der Waals surface area contributed by atoms with Gasteiger partial charge in [-0.25, -0.2) is 0 Å². The molecule has 0 aromatic heterocycles. The van der Waals surface area contributed by atoms with Crippen LogP contribution >= 0.6 is 0 Å². The van der Waals surface area contributed by atoms with Gasteiger partial charge >= 0.3 is 11.9 Å². The molecule has 0 spiro atoms. The van der Waals surface area contributed by atoms with Crippen LogP contribution < -0.4 is 32.7 Å². The van der Waals surface area contributed by atoms with Crippen LogP contribution in [0.4, 0.5) is 0 Å². The van der Waals surface area contributed by atoms with Crippen molar-refractivity contribution in [2.75, 3.05) is 32.8 Å². The van der Waals surface area contributed by atoms with Crippen molar-refractivity contribution < 1.29 is 43.8 Å². The first kappa shape index (κ1) is 49.9. The summed E-state index contributed by atoms with van der Waals surface area (Å²) in [5.41, 5.74) is 13.9. The zero-order valence-corrected chi connectivity index (χ0v) is 37.3. The number of amides is 4. The largest absolute Gasteiger partial charge is 0.480 e. The van der Waals surface area contributed by atoms with Crippen LogP contribution in [-0.2, 0) is 46.6 Å². The predicted octanol–water partition coefficient (Wildman–Crippen LogP) is 1.91. The van der Waals surface area contributed by atoms with Crippen molar-refractivity contribution in [2.45, 2.75) is 121 Å². The fraction of sp³-hybridized carbons (Fsp3) is 0.565. The number of rotatable bonds is 19. The van der Waals surface area contributed by atoms with E-state index in [2.05, 4.69) is 26.4 Å². The van der Waals surface area contributed by atoms with E-state index in [9.17, 15) is 28.8 Å². The number of esters is 1. The lowest BCUT2D eigenvalue weighted by Crippen LogP contribution is -2.63. The van der Waals surface area contributed by atoms with Crippen molar-refractivity contribution >= 4 is 47.2 Å². The number of likely N-dealkylation sites (tertiary alicyclic amines) is 2. The van der Waals surface area contributed by atoms with Crippen LogP contribution in [0, 0.1) is 17.2 Å². The summed E-state index contributed by atoms with van der Waals surface area (Å²) in [4.78, 5) is 78.2. The molecule has 2 saturated carbocycles. The van der Waals surface area contributed by atoms with E-state index in [1.807, 2.05) is 0 Å². The summed E-state index contributed by atoms with van der Waals surface area (Å²) in [5.74, 6) is -1.83. The molecule has 2 aliphatic heterocycles. The number of carboxylic acids is 1. The molecule has 4 aliphatic rings. The number of oxime groups is 1. The number of nitrogens with two attached hydrogens (primary N) is 2. The molecule has 2 aromatic rings. The number of hydrogen-bond acceptors (Lipinski definition) is 12. The van der Waals surface area contributed by atoms with Gasteiger partial charge < -0.3 is 47.0 Å². The molecule has 2 aromatic carbocycles. The first-order valence-corrected chi connectivity index (χ1v) is 22.8. The lowest BCUT2D eigenvalue weighted by molar-refractivity contribution is -0.151. The topological polar surface area (TPSA) is 295 Å². The van der Waals surface area contributed by atoms with Crippen LogP contribution in [0.2, 0.25) is 0 Å². The number of nitrogens with one attached hydrogen (secondary N) is 5. The molecule has 2 saturated heterocycles. The maximum atomic E-state index is 13.4. The van der Waals surface area contributed by atoms with Crippen molar-refractivity contribution in [2.24, 2.45) is 28.5 Å². The number of aliphatic carboxylic acids is 1. The normalized spacial score (nSPS) is 19.8. The van der Waals surface area contributed by atoms with Crippen molar-refractivity contribution in [3.63, 3.8) is 0 Å². The number of nitrogen functional groups attached to an aromatic ring is 1. The number of nitrogens with zero attached hydrogens (tertiary/aromatic N) is 3. The minimum Gasteiger partial charge on any atom is -0.480 e. The highest BCUT2D eigenvalue weighted by molar-refractivity contribution is 5.97. The van der Waals surface area contributed by atoms with E-state index in [1.165, 1.54) is 0 Å². The summed E-state index contributed by atoms with van der Waals surface area (Å²) in [5, 5.41) is 40.0. The highest BCUT2D eigenvalue weighted by Gasteiger charge is 2.44. The maximum absolute atomic E-state index is 13.4. The number of carbonyl (C=O) groups is 6. The standard InChI is InChI=1S/C24H35N5O5.C22H31N5O4/c1-2-34-20(30)15-26-21(17-6-4-3-5-7-17)24(32)29-13-12-19(29)23(31)27-14-16-8-10-18(11-9-16)22(25)28-33;23-20(24)16-8-6-14(7-9-16)12-26-21(30)17-10-11-27(17)22(31)19(25-13-18(28)29)15-4-2-1-3-5-15/h8-11,17,19,21,26,33H,2-7,12-15H2,1H3,(H2,25,28)(H,27,31);6-9,15,17,19,25H,1-5,10-13H2,(H3,23,24)(H,26,30)(H,28,29)/t19-,21+;17-,19+/m00/s1. The van der Waals surface area contributed by atoms with E-state index >= 15 is 0 Å². The fourth-order valence-corrected chi connectivity index (χ4v) is 8.92. The van der Waals surface area contributed by atoms with Gasteiger partial charge in [-0.1, -0.05) is 92.2 Å². The van der Waals surface area contributed by atoms with Crippen LogP contribution in [0.15, 0.2) is 53.7 Å². The van der Waals surface area contributed by atoms with E-state index in [0.29, 0.717) is 56.8 Å². The average molecular weight is 903 g/mol.